The van der Waals surface area contributed by atoms with Crippen molar-refractivity contribution < 1.29 is 46.2 Å². The van der Waals surface area contributed by atoms with Gasteiger partial charge in [-0.1, -0.05) is 6.07 Å². The van der Waals surface area contributed by atoms with Crippen LogP contribution in [0.5, 0.6) is 5.75 Å². The Morgan fingerprint density at radius 3 is 2.44 bits per heavy atom. The van der Waals surface area contributed by atoms with Crippen LogP contribution in [0.3, 0.4) is 0 Å². The molecule has 1 aromatic carbocycles. The summed E-state index contributed by atoms with van der Waals surface area (Å²) in [5.74, 6) is -3.30. The maximum Gasteiger partial charge on any atom is 0.332 e. The SMILES string of the molecule is CCOP(=O)(CCOCC1(C)C(=O)c2c(OC)c(=O)c(C(=O)NCc3ccc(F)cc3F)cn2CC1OC)OCC. The number of ether oxygens (including phenoxy) is 3. The summed E-state index contributed by atoms with van der Waals surface area (Å²) in [6.45, 7) is 5.04. The van der Waals surface area contributed by atoms with Crippen LogP contribution in [0.25, 0.3) is 0 Å². The van der Waals surface area contributed by atoms with Gasteiger partial charge in [0.05, 0.1) is 57.8 Å². The van der Waals surface area contributed by atoms with Crippen LogP contribution in [0.15, 0.2) is 29.2 Å². The number of benzene rings is 1. The highest BCUT2D eigenvalue weighted by Gasteiger charge is 2.49. The van der Waals surface area contributed by atoms with E-state index in [4.69, 9.17) is 23.3 Å². The van der Waals surface area contributed by atoms with Crippen LogP contribution >= 0.6 is 7.60 Å². The van der Waals surface area contributed by atoms with Crippen molar-refractivity contribution in [2.45, 2.75) is 40.0 Å². The molecule has 226 valence electrons. The van der Waals surface area contributed by atoms with Gasteiger partial charge in [-0.3, -0.25) is 18.9 Å². The summed E-state index contributed by atoms with van der Waals surface area (Å²) >= 11 is 0. The Balaban J connectivity index is 1.84. The second-order valence-electron chi connectivity index (χ2n) is 9.52. The zero-order chi connectivity index (χ0) is 30.4. The summed E-state index contributed by atoms with van der Waals surface area (Å²) in [7, 11) is -0.724. The van der Waals surface area contributed by atoms with Gasteiger partial charge >= 0.3 is 7.60 Å². The number of nitrogens with one attached hydrogen (secondary N) is 1. The van der Waals surface area contributed by atoms with Gasteiger partial charge in [-0.25, -0.2) is 8.78 Å². The van der Waals surface area contributed by atoms with Gasteiger partial charge < -0.3 is 33.1 Å². The number of carbonyl (C=O) groups is 2. The van der Waals surface area contributed by atoms with Gasteiger partial charge in [-0.15, -0.1) is 0 Å². The summed E-state index contributed by atoms with van der Waals surface area (Å²) in [4.78, 5) is 40.0. The number of methoxy groups -OCH3 is 2. The van der Waals surface area contributed by atoms with Crippen molar-refractivity contribution in [3.8, 4) is 5.75 Å². The normalized spacial score (nSPS) is 18.7. The Bertz CT molecular complexity index is 1370. The van der Waals surface area contributed by atoms with Crippen molar-refractivity contribution in [1.82, 2.24) is 9.88 Å². The fourth-order valence-electron chi connectivity index (χ4n) is 4.61. The maximum absolute atomic E-state index is 14.0. The average molecular weight is 601 g/mol. The molecule has 2 atom stereocenters. The predicted octanol–water partition coefficient (Wildman–Crippen LogP) is 3.57. The third kappa shape index (κ3) is 7.10. The molecule has 1 aromatic heterocycles. The molecule has 41 heavy (non-hydrogen) atoms. The van der Waals surface area contributed by atoms with Crippen molar-refractivity contribution in [2.75, 3.05) is 46.8 Å². The maximum atomic E-state index is 14.0. The molecule has 3 rings (SSSR count). The van der Waals surface area contributed by atoms with E-state index in [0.717, 1.165) is 6.07 Å². The van der Waals surface area contributed by atoms with Crippen LogP contribution in [-0.2, 0) is 36.2 Å². The molecule has 1 amide bonds. The number of fused-ring (bicyclic) bond motifs is 1. The molecule has 2 aromatic rings. The lowest BCUT2D eigenvalue weighted by atomic mass is 9.76. The monoisotopic (exact) mass is 600 g/mol. The van der Waals surface area contributed by atoms with Gasteiger partial charge in [0.15, 0.2) is 11.5 Å². The van der Waals surface area contributed by atoms with Gasteiger partial charge in [0, 0.05) is 31.5 Å². The zero-order valence-corrected chi connectivity index (χ0v) is 24.6. The summed E-state index contributed by atoms with van der Waals surface area (Å²) in [5.41, 5.74) is -2.48. The topological polar surface area (TPSA) is 131 Å². The fourth-order valence-corrected chi connectivity index (χ4v) is 6.09. The highest BCUT2D eigenvalue weighted by molar-refractivity contribution is 7.53. The van der Waals surface area contributed by atoms with E-state index in [1.54, 1.807) is 20.8 Å². The third-order valence-corrected chi connectivity index (χ3v) is 8.83. The van der Waals surface area contributed by atoms with Gasteiger partial charge in [-0.05, 0) is 26.8 Å². The van der Waals surface area contributed by atoms with Crippen molar-refractivity contribution in [1.29, 1.82) is 0 Å². The molecular formula is C27H35F2N2O9P. The van der Waals surface area contributed by atoms with E-state index in [2.05, 4.69) is 5.32 Å². The van der Waals surface area contributed by atoms with Crippen molar-refractivity contribution in [3.05, 3.63) is 63.1 Å². The van der Waals surface area contributed by atoms with Crippen molar-refractivity contribution >= 4 is 19.3 Å². The Morgan fingerprint density at radius 2 is 1.85 bits per heavy atom. The molecule has 0 radical (unpaired) electrons. The lowest BCUT2D eigenvalue weighted by Crippen LogP contribution is -2.52. The molecule has 2 unspecified atom stereocenters. The molecule has 0 bridgehead atoms. The molecule has 1 aliphatic heterocycles. The van der Waals surface area contributed by atoms with E-state index in [1.807, 2.05) is 0 Å². The Morgan fingerprint density at radius 1 is 1.17 bits per heavy atom. The second kappa shape index (κ2) is 13.8. The number of hydrogen-bond donors (Lipinski definition) is 1. The smallest absolute Gasteiger partial charge is 0.332 e. The number of aromatic nitrogens is 1. The average Bonchev–Trinajstić information content (AvgIpc) is 2.93. The van der Waals surface area contributed by atoms with Gasteiger partial charge in [0.25, 0.3) is 5.91 Å². The Labute approximate surface area is 236 Å². The first-order valence-electron chi connectivity index (χ1n) is 13.0. The van der Waals surface area contributed by atoms with Crippen molar-refractivity contribution in [2.24, 2.45) is 5.41 Å². The van der Waals surface area contributed by atoms with Gasteiger partial charge in [0.1, 0.15) is 22.9 Å². The number of halogens is 2. The van der Waals surface area contributed by atoms with E-state index < -0.39 is 47.9 Å². The highest BCUT2D eigenvalue weighted by Crippen LogP contribution is 2.47. The summed E-state index contributed by atoms with van der Waals surface area (Å²) in [6, 6.07) is 2.92. The molecule has 11 nitrogen and oxygen atoms in total. The van der Waals surface area contributed by atoms with Gasteiger partial charge in [0.2, 0.25) is 5.43 Å². The van der Waals surface area contributed by atoms with Crippen LogP contribution in [0, 0.1) is 17.0 Å². The molecule has 0 saturated carbocycles. The minimum Gasteiger partial charge on any atom is -0.491 e. The first kappa shape index (κ1) is 32.6. The van der Waals surface area contributed by atoms with E-state index in [1.165, 1.54) is 31.0 Å². The van der Waals surface area contributed by atoms with Crippen LogP contribution in [0.2, 0.25) is 0 Å². The summed E-state index contributed by atoms with van der Waals surface area (Å²) < 4.78 is 68.5. The minimum absolute atomic E-state index is 0.0176. The third-order valence-electron chi connectivity index (χ3n) is 6.80. The molecular weight excluding hydrogens is 565 g/mol. The molecule has 0 saturated heterocycles. The number of amides is 1. The number of Topliss-reactive ketones (excluding diaryl/α,β-unsaturated/α-hetero) is 1. The Hall–Kier alpha value is -2.96. The van der Waals surface area contributed by atoms with Crippen LogP contribution in [0.1, 0.15) is 47.2 Å². The first-order valence-corrected chi connectivity index (χ1v) is 14.7. The predicted molar refractivity (Wildman–Crippen MR) is 145 cm³/mol. The van der Waals surface area contributed by atoms with Gasteiger partial charge in [-0.2, -0.15) is 0 Å². The van der Waals surface area contributed by atoms with Crippen LogP contribution in [-0.4, -0.2) is 69.2 Å². The van der Waals surface area contributed by atoms with E-state index in [0.29, 0.717) is 6.07 Å². The fraction of sp³-hybridized carbons (Fsp3) is 0.519. The molecule has 1 N–H and O–H groups in total. The van der Waals surface area contributed by atoms with E-state index in [-0.39, 0.29) is 68.2 Å². The summed E-state index contributed by atoms with van der Waals surface area (Å²) in [6.07, 6.45) is 0.474. The number of nitrogens with zero attached hydrogens (tertiary/aromatic N) is 1. The number of rotatable bonds is 14. The van der Waals surface area contributed by atoms with E-state index >= 15 is 0 Å². The molecule has 2 heterocycles. The zero-order valence-electron chi connectivity index (χ0n) is 23.7. The number of carbonyl (C=O) groups excluding carboxylic acids is 2. The lowest BCUT2D eigenvalue weighted by Gasteiger charge is -2.40. The van der Waals surface area contributed by atoms with Crippen LogP contribution < -0.4 is 15.5 Å². The van der Waals surface area contributed by atoms with Crippen LogP contribution in [0.4, 0.5) is 8.78 Å². The summed E-state index contributed by atoms with van der Waals surface area (Å²) in [5, 5.41) is 2.44. The quantitative estimate of drug-likeness (QED) is 0.255. The molecule has 0 aliphatic carbocycles. The number of hydrogen-bond acceptors (Lipinski definition) is 9. The highest BCUT2D eigenvalue weighted by atomic mass is 31.2. The largest absolute Gasteiger partial charge is 0.491 e. The molecule has 1 aliphatic rings. The molecule has 14 heteroatoms. The minimum atomic E-state index is -3.35. The Kier molecular flexibility index (Phi) is 11.0. The number of pyridine rings is 1. The first-order chi connectivity index (χ1) is 19.4. The standard InChI is InChI=1S/C27H35F2N2O9P/c1-6-39-41(35,40-7-2)11-10-38-16-27(3)21(36-4)15-31-14-19(23(32)24(37-5)22(31)25(27)33)26(34)30-13-17-8-9-18(28)12-20(17)29/h8-9,12,14,21H,6-7,10-11,13,15-16H2,1-5H3,(H,30,34). The molecule has 0 spiro atoms. The second-order valence-corrected chi connectivity index (χ2v) is 11.7. The molecule has 0 fully saturated rings. The van der Waals surface area contributed by atoms with E-state index in [9.17, 15) is 27.7 Å². The lowest BCUT2D eigenvalue weighted by molar-refractivity contribution is -0.0516. The number of ketones is 1. The van der Waals surface area contributed by atoms with Crippen molar-refractivity contribution in [3.63, 3.8) is 0 Å².